The maximum absolute atomic E-state index is 12.4. The molecule has 2 aromatic rings. The number of H-pyrrole nitrogens is 1. The van der Waals surface area contributed by atoms with Crippen molar-refractivity contribution in [1.29, 1.82) is 0 Å². The van der Waals surface area contributed by atoms with Gasteiger partial charge in [0, 0.05) is 28.1 Å². The molecule has 1 aromatic carbocycles. The Hall–Kier alpha value is -1.82. The van der Waals surface area contributed by atoms with Crippen LogP contribution in [0, 0.1) is 5.41 Å². The summed E-state index contributed by atoms with van der Waals surface area (Å²) in [5, 5.41) is 3.64. The number of carbonyl (C=O) groups is 2. The molecule has 0 atom stereocenters. The summed E-state index contributed by atoms with van der Waals surface area (Å²) in [6.07, 6.45) is 1.67. The van der Waals surface area contributed by atoms with Gasteiger partial charge in [-0.1, -0.05) is 15.9 Å². The molecule has 1 amide bonds. The van der Waals surface area contributed by atoms with Crippen molar-refractivity contribution in [3.8, 4) is 0 Å². The molecule has 2 N–H and O–H groups in total. The van der Waals surface area contributed by atoms with Gasteiger partial charge in [0.2, 0.25) is 0 Å². The number of aromatic nitrogens is 1. The lowest BCUT2D eigenvalue weighted by molar-refractivity contribution is -0.153. The number of halogens is 1. The number of carbonyl (C=O) groups excluding carboxylic acids is 2. The molecule has 1 heterocycles. The summed E-state index contributed by atoms with van der Waals surface area (Å²) in [5.74, 6) is -0.543. The third kappa shape index (κ3) is 3.50. The number of ether oxygens (including phenoxy) is 1. The normalized spacial score (nSPS) is 11.5. The van der Waals surface area contributed by atoms with E-state index in [1.807, 2.05) is 18.2 Å². The molecule has 0 aliphatic heterocycles. The van der Waals surface area contributed by atoms with Gasteiger partial charge in [-0.05, 0) is 39.0 Å². The predicted molar refractivity (Wildman–Crippen MR) is 88.7 cm³/mol. The molecule has 0 aliphatic carbocycles. The number of esters is 1. The molecule has 0 saturated carbocycles. The number of amides is 1. The molecule has 0 bridgehead atoms. The van der Waals surface area contributed by atoms with E-state index < -0.39 is 5.41 Å². The van der Waals surface area contributed by atoms with Gasteiger partial charge in [0.15, 0.2) is 0 Å². The lowest BCUT2D eigenvalue weighted by Crippen LogP contribution is -2.40. The third-order valence-electron chi connectivity index (χ3n) is 3.41. The Kier molecular flexibility index (Phi) is 4.90. The van der Waals surface area contributed by atoms with Crippen molar-refractivity contribution in [3.63, 3.8) is 0 Å². The minimum absolute atomic E-state index is 0.214. The number of nitrogens with one attached hydrogen (secondary N) is 2. The smallest absolute Gasteiger partial charge is 0.313 e. The molecule has 1 aromatic heterocycles. The molecule has 5 nitrogen and oxygen atoms in total. The number of aromatic amines is 1. The second-order valence-electron chi connectivity index (χ2n) is 5.68. The van der Waals surface area contributed by atoms with Crippen molar-refractivity contribution in [2.45, 2.75) is 20.8 Å². The van der Waals surface area contributed by atoms with Crippen LogP contribution in [0.3, 0.4) is 0 Å². The van der Waals surface area contributed by atoms with Gasteiger partial charge in [0.25, 0.3) is 5.91 Å². The Morgan fingerprint density at radius 2 is 2.09 bits per heavy atom. The van der Waals surface area contributed by atoms with Gasteiger partial charge in [-0.3, -0.25) is 9.59 Å². The Balaban J connectivity index is 2.11. The van der Waals surface area contributed by atoms with E-state index in [1.165, 1.54) is 0 Å². The molecular weight excluding hydrogens is 348 g/mol. The molecule has 2 rings (SSSR count). The van der Waals surface area contributed by atoms with Crippen molar-refractivity contribution < 1.29 is 14.3 Å². The Bertz CT molecular complexity index is 706. The molecule has 0 spiro atoms. The fourth-order valence-corrected chi connectivity index (χ4v) is 2.44. The number of hydrogen-bond donors (Lipinski definition) is 2. The molecule has 0 saturated heterocycles. The van der Waals surface area contributed by atoms with E-state index in [0.29, 0.717) is 12.2 Å². The van der Waals surface area contributed by atoms with Crippen LogP contribution in [-0.2, 0) is 9.53 Å². The zero-order chi connectivity index (χ0) is 16.3. The topological polar surface area (TPSA) is 71.2 Å². The van der Waals surface area contributed by atoms with Gasteiger partial charge < -0.3 is 15.0 Å². The van der Waals surface area contributed by atoms with Crippen LogP contribution < -0.4 is 5.32 Å². The van der Waals surface area contributed by atoms with Crippen molar-refractivity contribution >= 4 is 38.7 Å². The van der Waals surface area contributed by atoms with Gasteiger partial charge in [0.1, 0.15) is 0 Å². The van der Waals surface area contributed by atoms with E-state index in [-0.39, 0.29) is 18.4 Å². The van der Waals surface area contributed by atoms with Crippen LogP contribution in [0.25, 0.3) is 10.9 Å². The monoisotopic (exact) mass is 366 g/mol. The zero-order valence-corrected chi connectivity index (χ0v) is 14.4. The van der Waals surface area contributed by atoms with Gasteiger partial charge in [-0.15, -0.1) is 0 Å². The van der Waals surface area contributed by atoms with Gasteiger partial charge >= 0.3 is 5.97 Å². The van der Waals surface area contributed by atoms with Crippen LogP contribution >= 0.6 is 15.9 Å². The summed E-state index contributed by atoms with van der Waals surface area (Å²) in [6, 6.07) is 5.69. The number of benzene rings is 1. The van der Waals surface area contributed by atoms with Gasteiger partial charge in [-0.2, -0.15) is 0 Å². The van der Waals surface area contributed by atoms with Crippen LogP contribution in [0.1, 0.15) is 31.1 Å². The van der Waals surface area contributed by atoms with Crippen LogP contribution in [-0.4, -0.2) is 30.0 Å². The zero-order valence-electron chi connectivity index (χ0n) is 12.8. The highest BCUT2D eigenvalue weighted by molar-refractivity contribution is 9.10. The van der Waals surface area contributed by atoms with E-state index >= 15 is 0 Å². The highest BCUT2D eigenvalue weighted by Crippen LogP contribution is 2.23. The maximum Gasteiger partial charge on any atom is 0.313 e. The molecule has 0 fully saturated rings. The van der Waals surface area contributed by atoms with Gasteiger partial charge in [-0.25, -0.2) is 0 Å². The van der Waals surface area contributed by atoms with Crippen molar-refractivity contribution in [3.05, 3.63) is 34.4 Å². The van der Waals surface area contributed by atoms with Crippen LogP contribution in [0.5, 0.6) is 0 Å². The average Bonchev–Trinajstić information content (AvgIpc) is 2.88. The second-order valence-corrected chi connectivity index (χ2v) is 6.59. The standard InChI is InChI=1S/C16H19BrN2O3/c1-4-22-15(21)16(2,3)9-19-14(20)12-8-18-13-6-5-10(17)7-11(12)13/h5-8,18H,4,9H2,1-3H3,(H,19,20). The first-order valence-electron chi connectivity index (χ1n) is 7.07. The molecule has 0 aliphatic rings. The van der Waals surface area contributed by atoms with Crippen molar-refractivity contribution in [2.75, 3.05) is 13.2 Å². The number of rotatable bonds is 5. The fraction of sp³-hybridized carbons (Fsp3) is 0.375. The summed E-state index contributed by atoms with van der Waals surface area (Å²) >= 11 is 3.40. The SMILES string of the molecule is CCOC(=O)C(C)(C)CNC(=O)c1c[nH]c2ccc(Br)cc12. The molecule has 22 heavy (non-hydrogen) atoms. The molecular formula is C16H19BrN2O3. The van der Waals surface area contributed by atoms with Crippen molar-refractivity contribution in [2.24, 2.45) is 5.41 Å². The van der Waals surface area contributed by atoms with E-state index in [4.69, 9.17) is 4.74 Å². The lowest BCUT2D eigenvalue weighted by Gasteiger charge is -2.22. The van der Waals surface area contributed by atoms with Crippen LogP contribution in [0.4, 0.5) is 0 Å². The Morgan fingerprint density at radius 3 is 2.77 bits per heavy atom. The first-order chi connectivity index (χ1) is 10.3. The second kappa shape index (κ2) is 6.52. The van der Waals surface area contributed by atoms with E-state index in [9.17, 15) is 9.59 Å². The summed E-state index contributed by atoms with van der Waals surface area (Å²) in [4.78, 5) is 27.3. The summed E-state index contributed by atoms with van der Waals surface area (Å²) in [5.41, 5.74) is 0.673. The lowest BCUT2D eigenvalue weighted by atomic mass is 9.93. The molecule has 118 valence electrons. The summed E-state index contributed by atoms with van der Waals surface area (Å²) in [6.45, 7) is 5.79. The third-order valence-corrected chi connectivity index (χ3v) is 3.90. The molecule has 0 unspecified atom stereocenters. The van der Waals surface area contributed by atoms with Gasteiger partial charge in [0.05, 0.1) is 17.6 Å². The van der Waals surface area contributed by atoms with E-state index in [2.05, 4.69) is 26.2 Å². The minimum Gasteiger partial charge on any atom is -0.466 e. The predicted octanol–water partition coefficient (Wildman–Crippen LogP) is 3.25. The molecule has 6 heteroatoms. The highest BCUT2D eigenvalue weighted by atomic mass is 79.9. The largest absolute Gasteiger partial charge is 0.466 e. The molecule has 0 radical (unpaired) electrons. The first-order valence-corrected chi connectivity index (χ1v) is 7.86. The summed E-state index contributed by atoms with van der Waals surface area (Å²) in [7, 11) is 0. The Morgan fingerprint density at radius 1 is 1.36 bits per heavy atom. The van der Waals surface area contributed by atoms with Crippen molar-refractivity contribution in [1.82, 2.24) is 10.3 Å². The maximum atomic E-state index is 12.4. The first kappa shape index (κ1) is 16.5. The fourth-order valence-electron chi connectivity index (χ4n) is 2.08. The Labute approximate surface area is 137 Å². The average molecular weight is 367 g/mol. The quantitative estimate of drug-likeness (QED) is 0.797. The minimum atomic E-state index is -0.766. The number of hydrogen-bond acceptors (Lipinski definition) is 3. The number of fused-ring (bicyclic) bond motifs is 1. The van der Waals surface area contributed by atoms with E-state index in [1.54, 1.807) is 27.0 Å². The van der Waals surface area contributed by atoms with Crippen LogP contribution in [0.2, 0.25) is 0 Å². The summed E-state index contributed by atoms with van der Waals surface area (Å²) < 4.78 is 5.92. The highest BCUT2D eigenvalue weighted by Gasteiger charge is 2.30. The van der Waals surface area contributed by atoms with E-state index in [0.717, 1.165) is 15.4 Å². The van der Waals surface area contributed by atoms with Crippen LogP contribution in [0.15, 0.2) is 28.9 Å².